The Labute approximate surface area is 109 Å². The van der Waals surface area contributed by atoms with Gasteiger partial charge in [0.2, 0.25) is 5.91 Å². The summed E-state index contributed by atoms with van der Waals surface area (Å²) in [7, 11) is 0. The molecule has 1 heterocycles. The minimum Gasteiger partial charge on any atom is -0.370 e. The molecule has 1 aliphatic heterocycles. The lowest BCUT2D eigenvalue weighted by Gasteiger charge is -2.14. The molecule has 0 spiro atoms. The van der Waals surface area contributed by atoms with E-state index in [1.54, 1.807) is 0 Å². The smallest absolute Gasteiger partial charge is 0.223 e. The number of amides is 1. The molecule has 2 rings (SSSR count). The third-order valence-corrected chi connectivity index (χ3v) is 3.58. The zero-order valence-corrected chi connectivity index (χ0v) is 11.2. The Morgan fingerprint density at radius 3 is 3.00 bits per heavy atom. The molecule has 0 radical (unpaired) electrons. The Morgan fingerprint density at radius 2 is 2.33 bits per heavy atom. The number of nitrogens with two attached hydrogens (primary N) is 1. The van der Waals surface area contributed by atoms with Gasteiger partial charge in [-0.1, -0.05) is 13.3 Å². The summed E-state index contributed by atoms with van der Waals surface area (Å²) in [4.78, 5) is 18.1. The fourth-order valence-corrected chi connectivity index (χ4v) is 2.35. The summed E-state index contributed by atoms with van der Waals surface area (Å²) in [6.07, 6.45) is 5.26. The van der Waals surface area contributed by atoms with E-state index in [0.717, 1.165) is 25.9 Å². The van der Waals surface area contributed by atoms with Crippen LogP contribution >= 0.6 is 0 Å². The number of hydrogen-bond donors (Lipinski definition) is 2. The molecule has 3 N–H and O–H groups in total. The van der Waals surface area contributed by atoms with Crippen LogP contribution in [0.2, 0.25) is 0 Å². The van der Waals surface area contributed by atoms with Gasteiger partial charge in [0.25, 0.3) is 0 Å². The molecule has 1 unspecified atom stereocenters. The van der Waals surface area contributed by atoms with Gasteiger partial charge in [-0.3, -0.25) is 9.79 Å². The van der Waals surface area contributed by atoms with Crippen molar-refractivity contribution in [3.63, 3.8) is 0 Å². The van der Waals surface area contributed by atoms with Crippen LogP contribution in [0.4, 0.5) is 0 Å². The summed E-state index contributed by atoms with van der Waals surface area (Å²) >= 11 is 0. The lowest BCUT2D eigenvalue weighted by atomic mass is 10.1. The molecular weight excluding hydrogens is 228 g/mol. The molecule has 1 amide bonds. The Bertz CT molecular complexity index is 325. The molecule has 102 valence electrons. The monoisotopic (exact) mass is 252 g/mol. The van der Waals surface area contributed by atoms with E-state index in [9.17, 15) is 4.79 Å². The summed E-state index contributed by atoms with van der Waals surface area (Å²) in [5, 5.41) is 3.09. The van der Waals surface area contributed by atoms with Crippen molar-refractivity contribution in [2.75, 3.05) is 19.6 Å². The quantitative estimate of drug-likeness (QED) is 0.415. The molecule has 5 heteroatoms. The molecule has 5 nitrogen and oxygen atoms in total. The van der Waals surface area contributed by atoms with Crippen LogP contribution in [0.1, 0.15) is 39.0 Å². The summed E-state index contributed by atoms with van der Waals surface area (Å²) in [6, 6.07) is 0.534. The maximum absolute atomic E-state index is 11.8. The van der Waals surface area contributed by atoms with Crippen LogP contribution in [-0.4, -0.2) is 42.4 Å². The highest BCUT2D eigenvalue weighted by atomic mass is 16.2. The highest BCUT2D eigenvalue weighted by Crippen LogP contribution is 2.32. The molecular formula is C13H24N4O. The second-order valence-corrected chi connectivity index (χ2v) is 5.35. The summed E-state index contributed by atoms with van der Waals surface area (Å²) in [6.45, 7) is 4.56. The number of rotatable bonds is 6. The van der Waals surface area contributed by atoms with Crippen LogP contribution in [0.15, 0.2) is 4.99 Å². The first kappa shape index (κ1) is 13.2. The zero-order valence-electron chi connectivity index (χ0n) is 11.2. The lowest BCUT2D eigenvalue weighted by Crippen LogP contribution is -2.33. The molecule has 1 saturated carbocycles. The van der Waals surface area contributed by atoms with Crippen LogP contribution in [0.5, 0.6) is 0 Å². The molecule has 2 fully saturated rings. The highest BCUT2D eigenvalue weighted by Gasteiger charge is 2.38. The molecule has 1 atom stereocenters. The highest BCUT2D eigenvalue weighted by molar-refractivity contribution is 5.80. The molecule has 0 aromatic carbocycles. The maximum Gasteiger partial charge on any atom is 0.223 e. The molecule has 18 heavy (non-hydrogen) atoms. The molecule has 1 aliphatic carbocycles. The second kappa shape index (κ2) is 6.07. The third-order valence-electron chi connectivity index (χ3n) is 3.58. The van der Waals surface area contributed by atoms with E-state index in [1.165, 1.54) is 12.8 Å². The van der Waals surface area contributed by atoms with Gasteiger partial charge in [-0.05, 0) is 19.3 Å². The van der Waals surface area contributed by atoms with E-state index in [0.29, 0.717) is 36.8 Å². The van der Waals surface area contributed by atoms with Gasteiger partial charge in [0.05, 0.1) is 0 Å². The number of likely N-dealkylation sites (tertiary alicyclic amines) is 1. The number of guanidine groups is 1. The fraction of sp³-hybridized carbons (Fsp3) is 0.846. The van der Waals surface area contributed by atoms with Crippen molar-refractivity contribution in [2.24, 2.45) is 16.6 Å². The Hall–Kier alpha value is -1.26. The third kappa shape index (κ3) is 3.62. The van der Waals surface area contributed by atoms with E-state index < -0.39 is 0 Å². The van der Waals surface area contributed by atoms with Crippen LogP contribution in [0.25, 0.3) is 0 Å². The summed E-state index contributed by atoms with van der Waals surface area (Å²) in [5.74, 6) is 1.17. The molecule has 0 aromatic heterocycles. The number of nitrogens with zero attached hydrogens (tertiary/aromatic N) is 2. The van der Waals surface area contributed by atoms with E-state index >= 15 is 0 Å². The number of nitrogens with one attached hydrogen (secondary N) is 1. The second-order valence-electron chi connectivity index (χ2n) is 5.35. The van der Waals surface area contributed by atoms with E-state index in [4.69, 9.17) is 5.73 Å². The van der Waals surface area contributed by atoms with Gasteiger partial charge in [-0.15, -0.1) is 0 Å². The summed E-state index contributed by atoms with van der Waals surface area (Å²) in [5.41, 5.74) is 5.77. The minimum atomic E-state index is 0.301. The number of unbranched alkanes of at least 4 members (excludes halogenated alkanes) is 1. The number of carbonyl (C=O) groups excluding carboxylic acids is 1. The number of carbonyl (C=O) groups is 1. The first-order valence-corrected chi connectivity index (χ1v) is 7.04. The zero-order chi connectivity index (χ0) is 13.0. The van der Waals surface area contributed by atoms with Crippen molar-refractivity contribution in [1.29, 1.82) is 0 Å². The Morgan fingerprint density at radius 1 is 1.56 bits per heavy atom. The predicted octanol–water partition coefficient (Wildman–Crippen LogP) is 0.702. The topological polar surface area (TPSA) is 70.7 Å². The SMILES string of the molecule is CCCCNC(N)=NCC1CC(=O)N(C2CC2)C1. The lowest BCUT2D eigenvalue weighted by molar-refractivity contribution is -0.128. The van der Waals surface area contributed by atoms with Crippen molar-refractivity contribution >= 4 is 11.9 Å². The van der Waals surface area contributed by atoms with Gasteiger partial charge < -0.3 is 16.0 Å². The predicted molar refractivity (Wildman–Crippen MR) is 72.2 cm³/mol. The minimum absolute atomic E-state index is 0.301. The molecule has 2 aliphatic rings. The van der Waals surface area contributed by atoms with Crippen molar-refractivity contribution in [2.45, 2.75) is 45.1 Å². The average molecular weight is 252 g/mol. The van der Waals surface area contributed by atoms with E-state index in [2.05, 4.69) is 17.2 Å². The first-order valence-electron chi connectivity index (χ1n) is 7.04. The summed E-state index contributed by atoms with van der Waals surface area (Å²) < 4.78 is 0. The molecule has 1 saturated heterocycles. The van der Waals surface area contributed by atoms with Gasteiger partial charge >= 0.3 is 0 Å². The van der Waals surface area contributed by atoms with Crippen LogP contribution in [-0.2, 0) is 4.79 Å². The van der Waals surface area contributed by atoms with Crippen LogP contribution in [0, 0.1) is 5.92 Å². The molecule has 0 bridgehead atoms. The number of hydrogen-bond acceptors (Lipinski definition) is 2. The Balaban J connectivity index is 1.70. The van der Waals surface area contributed by atoms with Gasteiger partial charge in [0.15, 0.2) is 5.96 Å². The van der Waals surface area contributed by atoms with Crippen molar-refractivity contribution in [1.82, 2.24) is 10.2 Å². The maximum atomic E-state index is 11.8. The molecule has 0 aromatic rings. The van der Waals surface area contributed by atoms with Crippen molar-refractivity contribution < 1.29 is 4.79 Å². The van der Waals surface area contributed by atoms with Crippen LogP contribution < -0.4 is 11.1 Å². The largest absolute Gasteiger partial charge is 0.370 e. The average Bonchev–Trinajstić information content (AvgIpc) is 3.11. The van der Waals surface area contributed by atoms with Crippen LogP contribution in [0.3, 0.4) is 0 Å². The number of aliphatic imine (C=N–C) groups is 1. The Kier molecular flexibility index (Phi) is 4.44. The van der Waals surface area contributed by atoms with Gasteiger partial charge in [-0.2, -0.15) is 0 Å². The van der Waals surface area contributed by atoms with Gasteiger partial charge in [-0.25, -0.2) is 0 Å². The van der Waals surface area contributed by atoms with E-state index in [1.807, 2.05) is 4.90 Å². The van der Waals surface area contributed by atoms with Gasteiger partial charge in [0, 0.05) is 38.0 Å². The normalized spacial score (nSPS) is 24.7. The van der Waals surface area contributed by atoms with Gasteiger partial charge in [0.1, 0.15) is 0 Å². The fourth-order valence-electron chi connectivity index (χ4n) is 2.35. The first-order chi connectivity index (χ1) is 8.70. The van der Waals surface area contributed by atoms with Crippen molar-refractivity contribution in [3.8, 4) is 0 Å². The standard InChI is InChI=1S/C13H24N4O/c1-2-3-6-15-13(14)16-8-10-7-12(18)17(9-10)11-4-5-11/h10-11H,2-9H2,1H3,(H3,14,15,16). The van der Waals surface area contributed by atoms with Crippen molar-refractivity contribution in [3.05, 3.63) is 0 Å². The van der Waals surface area contributed by atoms with E-state index in [-0.39, 0.29) is 0 Å².